The number of amides is 1. The highest BCUT2D eigenvalue weighted by Gasteiger charge is 2.24. The Bertz CT molecular complexity index is 928. The molecule has 0 radical (unpaired) electrons. The monoisotopic (exact) mass is 401 g/mol. The Morgan fingerprint density at radius 3 is 2.59 bits per heavy atom. The molecule has 0 aliphatic carbocycles. The third kappa shape index (κ3) is 5.07. The first-order valence-corrected chi connectivity index (χ1v) is 9.16. The van der Waals surface area contributed by atoms with E-state index in [1.165, 1.54) is 30.3 Å². The van der Waals surface area contributed by atoms with Crippen LogP contribution in [0.4, 0.5) is 15.8 Å². The minimum Gasteiger partial charge on any atom is -0.452 e. The molecular formula is C20H20FN3O5. The first-order valence-electron chi connectivity index (χ1n) is 9.16. The smallest absolute Gasteiger partial charge is 0.338 e. The van der Waals surface area contributed by atoms with E-state index in [0.717, 1.165) is 32.0 Å². The minimum absolute atomic E-state index is 0.0125. The third-order valence-electron chi connectivity index (χ3n) is 4.62. The molecule has 9 heteroatoms. The largest absolute Gasteiger partial charge is 0.452 e. The van der Waals surface area contributed by atoms with E-state index in [1.54, 1.807) is 6.07 Å². The molecule has 0 saturated carbocycles. The van der Waals surface area contributed by atoms with Crippen molar-refractivity contribution in [2.75, 3.05) is 24.6 Å². The van der Waals surface area contributed by atoms with E-state index in [2.05, 4.69) is 5.32 Å². The molecule has 8 nitrogen and oxygen atoms in total. The SMILES string of the molecule is O=C(COC(=O)c1ccc(N2CCCC2)c([N+](=O)[O-])c1)NCc1ccccc1F. The molecule has 0 spiro atoms. The van der Waals surface area contributed by atoms with Crippen LogP contribution in [0.3, 0.4) is 0 Å². The van der Waals surface area contributed by atoms with Crippen molar-refractivity contribution in [3.63, 3.8) is 0 Å². The Balaban J connectivity index is 1.58. The van der Waals surface area contributed by atoms with Crippen LogP contribution < -0.4 is 10.2 Å². The Kier molecular flexibility index (Phi) is 6.38. The van der Waals surface area contributed by atoms with Crippen molar-refractivity contribution in [2.45, 2.75) is 19.4 Å². The molecule has 152 valence electrons. The van der Waals surface area contributed by atoms with E-state index in [-0.39, 0.29) is 17.8 Å². The van der Waals surface area contributed by atoms with Gasteiger partial charge in [0.2, 0.25) is 0 Å². The second kappa shape index (κ2) is 9.13. The number of ether oxygens (including phenoxy) is 1. The summed E-state index contributed by atoms with van der Waals surface area (Å²) < 4.78 is 18.5. The van der Waals surface area contributed by atoms with E-state index in [4.69, 9.17) is 4.74 Å². The normalized spacial score (nSPS) is 13.2. The Hall–Kier alpha value is -3.49. The van der Waals surface area contributed by atoms with Gasteiger partial charge in [0.1, 0.15) is 11.5 Å². The number of hydrogen-bond donors (Lipinski definition) is 1. The van der Waals surface area contributed by atoms with Crippen molar-refractivity contribution < 1.29 is 23.6 Å². The van der Waals surface area contributed by atoms with E-state index >= 15 is 0 Å². The Morgan fingerprint density at radius 2 is 1.90 bits per heavy atom. The van der Waals surface area contributed by atoms with Crippen LogP contribution in [-0.2, 0) is 16.1 Å². The number of carbonyl (C=O) groups excluding carboxylic acids is 2. The van der Waals surface area contributed by atoms with Gasteiger partial charge in [0.15, 0.2) is 6.61 Å². The van der Waals surface area contributed by atoms with E-state index < -0.39 is 29.2 Å². The lowest BCUT2D eigenvalue weighted by molar-refractivity contribution is -0.384. The summed E-state index contributed by atoms with van der Waals surface area (Å²) in [6, 6.07) is 10.1. The number of nitrogens with one attached hydrogen (secondary N) is 1. The molecule has 2 aromatic carbocycles. The highest BCUT2D eigenvalue weighted by Crippen LogP contribution is 2.31. The second-order valence-corrected chi connectivity index (χ2v) is 6.60. The fraction of sp³-hybridized carbons (Fsp3) is 0.300. The summed E-state index contributed by atoms with van der Waals surface area (Å²) in [6.45, 7) is 0.841. The van der Waals surface area contributed by atoms with Crippen LogP contribution in [0.25, 0.3) is 0 Å². The van der Waals surface area contributed by atoms with Crippen LogP contribution in [0.5, 0.6) is 0 Å². The average molecular weight is 401 g/mol. The van der Waals surface area contributed by atoms with Gasteiger partial charge in [-0.25, -0.2) is 9.18 Å². The average Bonchev–Trinajstić information content (AvgIpc) is 3.25. The number of rotatable bonds is 7. The van der Waals surface area contributed by atoms with Crippen LogP contribution in [0.1, 0.15) is 28.8 Å². The minimum atomic E-state index is -0.845. The van der Waals surface area contributed by atoms with Crippen LogP contribution in [0.2, 0.25) is 0 Å². The number of nitro groups is 1. The van der Waals surface area contributed by atoms with Gasteiger partial charge in [-0.15, -0.1) is 0 Å². The quantitative estimate of drug-likeness (QED) is 0.435. The van der Waals surface area contributed by atoms with Gasteiger partial charge in [0.25, 0.3) is 11.6 Å². The summed E-state index contributed by atoms with van der Waals surface area (Å²) in [6.07, 6.45) is 1.92. The predicted molar refractivity (Wildman–Crippen MR) is 103 cm³/mol. The van der Waals surface area contributed by atoms with Crippen LogP contribution >= 0.6 is 0 Å². The molecular weight excluding hydrogens is 381 g/mol. The summed E-state index contributed by atoms with van der Waals surface area (Å²) in [4.78, 5) is 36.8. The van der Waals surface area contributed by atoms with E-state index in [9.17, 15) is 24.1 Å². The molecule has 0 bridgehead atoms. The van der Waals surface area contributed by atoms with Crippen LogP contribution in [0, 0.1) is 15.9 Å². The summed E-state index contributed by atoms with van der Waals surface area (Å²) in [5, 5.41) is 13.9. The number of anilines is 1. The molecule has 1 N–H and O–H groups in total. The highest BCUT2D eigenvalue weighted by molar-refractivity contribution is 5.93. The zero-order valence-corrected chi connectivity index (χ0v) is 15.6. The molecule has 3 rings (SSSR count). The van der Waals surface area contributed by atoms with Crippen molar-refractivity contribution in [1.82, 2.24) is 5.32 Å². The molecule has 0 unspecified atom stereocenters. The van der Waals surface area contributed by atoms with Crippen molar-refractivity contribution in [3.8, 4) is 0 Å². The first-order chi connectivity index (χ1) is 14.0. The summed E-state index contributed by atoms with van der Waals surface area (Å²) in [5.41, 5.74) is 0.582. The number of halogens is 1. The lowest BCUT2D eigenvalue weighted by atomic mass is 10.1. The Labute approximate surface area is 166 Å². The van der Waals surface area contributed by atoms with Crippen LogP contribution in [-0.4, -0.2) is 36.5 Å². The molecule has 1 heterocycles. The Morgan fingerprint density at radius 1 is 1.17 bits per heavy atom. The van der Waals surface area contributed by atoms with Gasteiger partial charge in [0.05, 0.1) is 10.5 Å². The number of esters is 1. The topological polar surface area (TPSA) is 102 Å². The highest BCUT2D eigenvalue weighted by atomic mass is 19.1. The van der Waals surface area contributed by atoms with Gasteiger partial charge < -0.3 is 15.0 Å². The summed E-state index contributed by atoms with van der Waals surface area (Å²) in [5.74, 6) is -1.90. The molecule has 1 amide bonds. The van der Waals surface area contributed by atoms with Crippen molar-refractivity contribution >= 4 is 23.3 Å². The lowest BCUT2D eigenvalue weighted by Crippen LogP contribution is -2.28. The predicted octanol–water partition coefficient (Wildman–Crippen LogP) is 2.81. The summed E-state index contributed by atoms with van der Waals surface area (Å²) >= 11 is 0. The second-order valence-electron chi connectivity index (χ2n) is 6.60. The maximum atomic E-state index is 13.5. The van der Waals surface area contributed by atoms with E-state index in [1.807, 2.05) is 4.90 Å². The van der Waals surface area contributed by atoms with Crippen molar-refractivity contribution in [3.05, 3.63) is 69.5 Å². The van der Waals surface area contributed by atoms with Crippen molar-refractivity contribution in [2.24, 2.45) is 0 Å². The fourth-order valence-electron chi connectivity index (χ4n) is 3.12. The zero-order chi connectivity index (χ0) is 20.8. The molecule has 1 saturated heterocycles. The fourth-order valence-corrected chi connectivity index (χ4v) is 3.12. The number of hydrogen-bond acceptors (Lipinski definition) is 6. The molecule has 0 aromatic heterocycles. The number of carbonyl (C=O) groups is 2. The molecule has 29 heavy (non-hydrogen) atoms. The number of nitro benzene ring substituents is 1. The van der Waals surface area contributed by atoms with Gasteiger partial charge in [0, 0.05) is 31.3 Å². The molecule has 1 aliphatic heterocycles. The zero-order valence-electron chi connectivity index (χ0n) is 15.6. The molecule has 1 aliphatic rings. The maximum absolute atomic E-state index is 13.5. The lowest BCUT2D eigenvalue weighted by Gasteiger charge is -2.17. The van der Waals surface area contributed by atoms with E-state index in [0.29, 0.717) is 11.3 Å². The third-order valence-corrected chi connectivity index (χ3v) is 4.62. The summed E-state index contributed by atoms with van der Waals surface area (Å²) in [7, 11) is 0. The molecule has 2 aromatic rings. The number of nitrogens with zero attached hydrogens (tertiary/aromatic N) is 2. The maximum Gasteiger partial charge on any atom is 0.338 e. The standard InChI is InChI=1S/C20H20FN3O5/c21-16-6-2-1-5-15(16)12-22-19(25)13-29-20(26)14-7-8-17(18(11-14)24(27)28)23-9-3-4-10-23/h1-2,5-8,11H,3-4,9-10,12-13H2,(H,22,25). The first kappa shape index (κ1) is 20.2. The molecule has 0 atom stereocenters. The van der Waals surface area contributed by atoms with Crippen LogP contribution in [0.15, 0.2) is 42.5 Å². The van der Waals surface area contributed by atoms with Gasteiger partial charge in [-0.1, -0.05) is 18.2 Å². The van der Waals surface area contributed by atoms with Gasteiger partial charge in [-0.3, -0.25) is 14.9 Å². The van der Waals surface area contributed by atoms with Gasteiger partial charge in [-0.2, -0.15) is 0 Å². The molecule has 1 fully saturated rings. The van der Waals surface area contributed by atoms with Gasteiger partial charge in [-0.05, 0) is 31.0 Å². The number of benzene rings is 2. The van der Waals surface area contributed by atoms with Gasteiger partial charge >= 0.3 is 5.97 Å². The van der Waals surface area contributed by atoms with Crippen molar-refractivity contribution in [1.29, 1.82) is 0 Å².